The number of rotatable bonds is 6. The van der Waals surface area contributed by atoms with Gasteiger partial charge in [-0.15, -0.1) is 0 Å². The van der Waals surface area contributed by atoms with Crippen molar-refractivity contribution >= 4 is 25.4 Å². The number of hydrogen-bond acceptors (Lipinski definition) is 3. The van der Waals surface area contributed by atoms with E-state index < -0.39 is 0 Å². The Morgan fingerprint density at radius 2 is 1.91 bits per heavy atom. The second-order valence-corrected chi connectivity index (χ2v) is 6.44. The first-order valence-corrected chi connectivity index (χ1v) is 8.17. The molecule has 0 aliphatic rings. The van der Waals surface area contributed by atoms with E-state index in [9.17, 15) is 0 Å². The molecule has 116 valence electrons. The van der Waals surface area contributed by atoms with Gasteiger partial charge >= 0.3 is 0 Å². The maximum absolute atomic E-state index is 5.80. The molecular weight excluding hydrogens is 293 g/mol. The molecule has 0 amide bonds. The lowest BCUT2D eigenvalue weighted by Crippen LogP contribution is -2.14. The summed E-state index contributed by atoms with van der Waals surface area (Å²) < 4.78 is 10.9. The minimum Gasteiger partial charge on any atom is -0.467 e. The van der Waals surface area contributed by atoms with Crippen molar-refractivity contribution in [1.82, 2.24) is 0 Å². The summed E-state index contributed by atoms with van der Waals surface area (Å²) in [6, 6.07) is 12.7. The lowest BCUT2D eigenvalue weighted by molar-refractivity contribution is 0.0514. The molecular formula is C18H22NO2P. The maximum Gasteiger partial charge on any atom is 0.188 e. The molecule has 0 aliphatic heterocycles. The average molecular weight is 315 g/mol. The van der Waals surface area contributed by atoms with E-state index in [-0.39, 0.29) is 6.79 Å². The summed E-state index contributed by atoms with van der Waals surface area (Å²) in [5.41, 5.74) is 3.53. The van der Waals surface area contributed by atoms with Crippen LogP contribution in [0.5, 0.6) is 5.75 Å². The van der Waals surface area contributed by atoms with Crippen LogP contribution in [0.2, 0.25) is 0 Å². The van der Waals surface area contributed by atoms with Crippen molar-refractivity contribution in [2.45, 2.75) is 13.8 Å². The second kappa shape index (κ2) is 8.07. The minimum absolute atomic E-state index is 0.263. The van der Waals surface area contributed by atoms with Crippen LogP contribution >= 0.6 is 8.58 Å². The number of methoxy groups -OCH3 is 1. The Balaban J connectivity index is 2.40. The molecule has 3 nitrogen and oxygen atoms in total. The molecule has 0 saturated heterocycles. The molecule has 0 fully saturated rings. The van der Waals surface area contributed by atoms with Gasteiger partial charge in [-0.3, -0.25) is 4.99 Å². The van der Waals surface area contributed by atoms with Crippen LogP contribution in [0.15, 0.2) is 41.4 Å². The average Bonchev–Trinajstić information content (AvgIpc) is 2.48. The number of aryl methyl sites for hydroxylation is 2. The lowest BCUT2D eigenvalue weighted by Gasteiger charge is -2.15. The zero-order valence-corrected chi connectivity index (χ0v) is 14.5. The van der Waals surface area contributed by atoms with Crippen molar-refractivity contribution in [3.8, 4) is 5.75 Å². The van der Waals surface area contributed by atoms with Gasteiger partial charge in [-0.25, -0.2) is 0 Å². The van der Waals surface area contributed by atoms with Crippen LogP contribution in [0, 0.1) is 13.8 Å². The second-order valence-electron chi connectivity index (χ2n) is 5.11. The van der Waals surface area contributed by atoms with Crippen molar-refractivity contribution in [3.05, 3.63) is 53.1 Å². The Kier molecular flexibility index (Phi) is 6.11. The Bertz CT molecular complexity index is 668. The van der Waals surface area contributed by atoms with Gasteiger partial charge in [0.1, 0.15) is 5.75 Å². The van der Waals surface area contributed by atoms with E-state index in [2.05, 4.69) is 49.2 Å². The Morgan fingerprint density at radius 1 is 1.14 bits per heavy atom. The van der Waals surface area contributed by atoms with Crippen molar-refractivity contribution in [3.63, 3.8) is 0 Å². The van der Waals surface area contributed by atoms with Crippen LogP contribution in [0.3, 0.4) is 0 Å². The molecule has 1 unspecified atom stereocenters. The SMILES string of the molecule is CN=Cc1ccccc1Pc1cc(C)cc(C)c1OCOC. The molecule has 0 spiro atoms. The van der Waals surface area contributed by atoms with Crippen LogP contribution in [0.4, 0.5) is 0 Å². The summed E-state index contributed by atoms with van der Waals surface area (Å²) in [5, 5.41) is 2.46. The largest absolute Gasteiger partial charge is 0.467 e. The van der Waals surface area contributed by atoms with Gasteiger partial charge in [-0.05, 0) is 41.9 Å². The van der Waals surface area contributed by atoms with E-state index >= 15 is 0 Å². The zero-order valence-electron chi connectivity index (χ0n) is 13.5. The molecule has 0 radical (unpaired) electrons. The highest BCUT2D eigenvalue weighted by Gasteiger charge is 2.11. The van der Waals surface area contributed by atoms with Crippen LogP contribution in [0.1, 0.15) is 16.7 Å². The van der Waals surface area contributed by atoms with E-state index in [1.165, 1.54) is 16.2 Å². The summed E-state index contributed by atoms with van der Waals surface area (Å²) in [7, 11) is 3.95. The summed E-state index contributed by atoms with van der Waals surface area (Å²) in [6.45, 7) is 4.45. The molecule has 0 heterocycles. The Labute approximate surface area is 134 Å². The van der Waals surface area contributed by atoms with Gasteiger partial charge in [0.15, 0.2) is 6.79 Å². The van der Waals surface area contributed by atoms with E-state index in [1.54, 1.807) is 14.2 Å². The summed E-state index contributed by atoms with van der Waals surface area (Å²) >= 11 is 0. The highest BCUT2D eigenvalue weighted by molar-refractivity contribution is 7.56. The van der Waals surface area contributed by atoms with E-state index in [0.29, 0.717) is 8.58 Å². The highest BCUT2D eigenvalue weighted by atomic mass is 31.1. The number of hydrogen-bond donors (Lipinski definition) is 0. The maximum atomic E-state index is 5.80. The van der Waals surface area contributed by atoms with Crippen LogP contribution < -0.4 is 15.3 Å². The fraction of sp³-hybridized carbons (Fsp3) is 0.278. The summed E-state index contributed by atoms with van der Waals surface area (Å²) in [6.07, 6.45) is 1.90. The van der Waals surface area contributed by atoms with Crippen molar-refractivity contribution in [1.29, 1.82) is 0 Å². The molecule has 0 aromatic heterocycles. The first kappa shape index (κ1) is 16.7. The van der Waals surface area contributed by atoms with Crippen LogP contribution in [-0.2, 0) is 4.74 Å². The van der Waals surface area contributed by atoms with Crippen LogP contribution in [0.25, 0.3) is 0 Å². The number of benzene rings is 2. The molecule has 4 heteroatoms. The predicted molar refractivity (Wildman–Crippen MR) is 96.0 cm³/mol. The minimum atomic E-state index is 0.263. The third-order valence-electron chi connectivity index (χ3n) is 3.24. The van der Waals surface area contributed by atoms with Gasteiger partial charge in [-0.2, -0.15) is 0 Å². The van der Waals surface area contributed by atoms with Crippen molar-refractivity contribution in [2.24, 2.45) is 4.99 Å². The lowest BCUT2D eigenvalue weighted by atomic mass is 10.1. The molecule has 0 N–H and O–H groups in total. The number of ether oxygens (including phenoxy) is 2. The number of nitrogens with zero attached hydrogens (tertiary/aromatic N) is 1. The summed E-state index contributed by atoms with van der Waals surface area (Å²) in [5.74, 6) is 0.925. The van der Waals surface area contributed by atoms with Crippen LogP contribution in [-0.4, -0.2) is 27.2 Å². The first-order valence-electron chi connectivity index (χ1n) is 7.17. The predicted octanol–water partition coefficient (Wildman–Crippen LogP) is 2.96. The first-order chi connectivity index (χ1) is 10.7. The third kappa shape index (κ3) is 4.16. The normalized spacial score (nSPS) is 11.6. The van der Waals surface area contributed by atoms with E-state index in [4.69, 9.17) is 9.47 Å². The van der Waals surface area contributed by atoms with Gasteiger partial charge < -0.3 is 9.47 Å². The van der Waals surface area contributed by atoms with E-state index in [0.717, 1.165) is 16.9 Å². The third-order valence-corrected chi connectivity index (χ3v) is 4.60. The molecule has 22 heavy (non-hydrogen) atoms. The van der Waals surface area contributed by atoms with Crippen molar-refractivity contribution in [2.75, 3.05) is 21.0 Å². The Hall–Kier alpha value is -1.70. The van der Waals surface area contributed by atoms with Gasteiger partial charge in [0.2, 0.25) is 0 Å². The van der Waals surface area contributed by atoms with Gasteiger partial charge in [0.05, 0.1) is 0 Å². The topological polar surface area (TPSA) is 30.8 Å². The fourth-order valence-corrected chi connectivity index (χ4v) is 3.81. The molecule has 0 aliphatic carbocycles. The number of aliphatic imine (C=N–C) groups is 1. The molecule has 2 aromatic carbocycles. The van der Waals surface area contributed by atoms with Gasteiger partial charge in [0.25, 0.3) is 0 Å². The molecule has 0 bridgehead atoms. The Morgan fingerprint density at radius 3 is 2.64 bits per heavy atom. The van der Waals surface area contributed by atoms with Gasteiger partial charge in [-0.1, -0.05) is 38.9 Å². The van der Waals surface area contributed by atoms with Gasteiger partial charge in [0, 0.05) is 25.7 Å². The molecule has 2 aromatic rings. The standard InChI is InChI=1S/C18H22NO2P/c1-13-9-14(2)18(21-12-20-4)17(10-13)22-16-8-6-5-7-15(16)11-19-3/h5-11,22H,12H2,1-4H3. The monoisotopic (exact) mass is 315 g/mol. The van der Waals surface area contributed by atoms with Crippen molar-refractivity contribution < 1.29 is 9.47 Å². The highest BCUT2D eigenvalue weighted by Crippen LogP contribution is 2.25. The molecule has 1 atom stereocenters. The van der Waals surface area contributed by atoms with E-state index in [1.807, 2.05) is 12.3 Å². The zero-order chi connectivity index (χ0) is 15.9. The fourth-order valence-electron chi connectivity index (χ4n) is 2.36. The summed E-state index contributed by atoms with van der Waals surface area (Å²) in [4.78, 5) is 4.14. The molecule has 2 rings (SSSR count). The smallest absolute Gasteiger partial charge is 0.188 e. The quantitative estimate of drug-likeness (QED) is 0.466. The molecule has 0 saturated carbocycles.